The zero-order valence-corrected chi connectivity index (χ0v) is 13.8. The molecule has 3 aromatic rings. The lowest BCUT2D eigenvalue weighted by Crippen LogP contribution is -2.02. The number of halogens is 3. The highest BCUT2D eigenvalue weighted by Gasteiger charge is 2.18. The van der Waals surface area contributed by atoms with Gasteiger partial charge in [-0.05, 0) is 36.4 Å². The van der Waals surface area contributed by atoms with E-state index in [1.165, 1.54) is 19.2 Å². The van der Waals surface area contributed by atoms with Crippen molar-refractivity contribution in [2.45, 2.75) is 0 Å². The predicted octanol–water partition coefficient (Wildman–Crippen LogP) is 5.05. The summed E-state index contributed by atoms with van der Waals surface area (Å²) in [4.78, 5) is 15.8. The Hall–Kier alpha value is -2.37. The molecular formula is C17H10Cl2FNO3. The first-order valence-electron chi connectivity index (χ1n) is 6.77. The third-order valence-corrected chi connectivity index (χ3v) is 3.95. The molecule has 4 nitrogen and oxygen atoms in total. The average molecular weight is 366 g/mol. The molecule has 122 valence electrons. The normalized spacial score (nSPS) is 10.8. The van der Waals surface area contributed by atoms with Crippen molar-refractivity contribution in [2.24, 2.45) is 0 Å². The number of methoxy groups -OCH3 is 1. The molecule has 0 aliphatic heterocycles. The third-order valence-electron chi connectivity index (χ3n) is 3.50. The highest BCUT2D eigenvalue weighted by molar-refractivity contribution is 6.31. The molecule has 3 rings (SSSR count). The zero-order valence-electron chi connectivity index (χ0n) is 12.3. The molecule has 24 heavy (non-hydrogen) atoms. The fourth-order valence-corrected chi connectivity index (χ4v) is 2.82. The van der Waals surface area contributed by atoms with Crippen LogP contribution in [0, 0.1) is 5.82 Å². The number of nitrogens with zero attached hydrogens (tertiary/aromatic N) is 1. The maximum absolute atomic E-state index is 14.3. The summed E-state index contributed by atoms with van der Waals surface area (Å²) in [7, 11) is 1.46. The van der Waals surface area contributed by atoms with E-state index in [2.05, 4.69) is 4.98 Å². The van der Waals surface area contributed by atoms with Crippen LogP contribution in [0.2, 0.25) is 10.0 Å². The smallest absolute Gasteiger partial charge is 0.336 e. The zero-order chi connectivity index (χ0) is 17.4. The first-order valence-corrected chi connectivity index (χ1v) is 7.53. The number of carboxylic acid groups (broad SMARTS) is 1. The van der Waals surface area contributed by atoms with Gasteiger partial charge >= 0.3 is 5.97 Å². The van der Waals surface area contributed by atoms with E-state index in [-0.39, 0.29) is 27.2 Å². The second kappa shape index (κ2) is 6.26. The van der Waals surface area contributed by atoms with Gasteiger partial charge in [-0.3, -0.25) is 0 Å². The van der Waals surface area contributed by atoms with Crippen LogP contribution >= 0.6 is 23.2 Å². The summed E-state index contributed by atoms with van der Waals surface area (Å²) in [6.45, 7) is 0. The van der Waals surface area contributed by atoms with Crippen LogP contribution in [-0.2, 0) is 0 Å². The molecule has 0 saturated carbocycles. The lowest BCUT2D eigenvalue weighted by Gasteiger charge is -2.11. The molecule has 0 aliphatic rings. The van der Waals surface area contributed by atoms with Gasteiger partial charge in [0.15, 0.2) is 5.82 Å². The van der Waals surface area contributed by atoms with E-state index in [1.54, 1.807) is 18.2 Å². The second-order valence-corrected chi connectivity index (χ2v) is 5.86. The number of carboxylic acids is 1. The topological polar surface area (TPSA) is 59.4 Å². The third kappa shape index (κ3) is 2.88. The SMILES string of the molecule is COc1ccc(Cl)cc1-c1cc(C(=O)O)c2cc(Cl)cc(F)c2n1. The van der Waals surface area contributed by atoms with Crippen molar-refractivity contribution in [3.63, 3.8) is 0 Å². The standard InChI is InChI=1S/C17H10Cl2FNO3/c1-24-15-3-2-8(18)4-12(15)14-7-11(17(22)23)10-5-9(19)6-13(20)16(10)21-14/h2-7H,1H3,(H,22,23). The summed E-state index contributed by atoms with van der Waals surface area (Å²) in [6, 6.07) is 8.63. The quantitative estimate of drug-likeness (QED) is 0.704. The van der Waals surface area contributed by atoms with Crippen LogP contribution < -0.4 is 4.74 Å². The van der Waals surface area contributed by atoms with Crippen molar-refractivity contribution in [1.29, 1.82) is 0 Å². The van der Waals surface area contributed by atoms with Crippen LogP contribution in [0.4, 0.5) is 4.39 Å². The minimum Gasteiger partial charge on any atom is -0.496 e. The number of hydrogen-bond donors (Lipinski definition) is 1. The predicted molar refractivity (Wildman–Crippen MR) is 90.7 cm³/mol. The molecule has 7 heteroatoms. The number of carbonyl (C=O) groups is 1. The summed E-state index contributed by atoms with van der Waals surface area (Å²) in [5.74, 6) is -1.48. The molecule has 0 aliphatic carbocycles. The maximum Gasteiger partial charge on any atom is 0.336 e. The Kier molecular flexibility index (Phi) is 4.30. The number of ether oxygens (including phenoxy) is 1. The van der Waals surface area contributed by atoms with Gasteiger partial charge in [0.05, 0.1) is 18.4 Å². The molecule has 0 fully saturated rings. The number of benzene rings is 2. The van der Waals surface area contributed by atoms with Crippen molar-refractivity contribution in [3.8, 4) is 17.0 Å². The number of aromatic carboxylic acids is 1. The van der Waals surface area contributed by atoms with Gasteiger partial charge in [0.25, 0.3) is 0 Å². The van der Waals surface area contributed by atoms with E-state index in [1.807, 2.05) is 0 Å². The minimum absolute atomic E-state index is 0.0867. The minimum atomic E-state index is -1.22. The molecule has 1 N–H and O–H groups in total. The first-order chi connectivity index (χ1) is 11.4. The maximum atomic E-state index is 14.3. The first kappa shape index (κ1) is 16.5. The highest BCUT2D eigenvalue weighted by Crippen LogP contribution is 2.34. The Morgan fingerprint density at radius 2 is 1.92 bits per heavy atom. The number of pyridine rings is 1. The van der Waals surface area contributed by atoms with Gasteiger partial charge in [0.2, 0.25) is 0 Å². The van der Waals surface area contributed by atoms with Crippen LogP contribution in [0.5, 0.6) is 5.75 Å². The molecule has 0 amide bonds. The van der Waals surface area contributed by atoms with Gasteiger partial charge in [-0.25, -0.2) is 14.2 Å². The van der Waals surface area contributed by atoms with Gasteiger partial charge < -0.3 is 9.84 Å². The summed E-state index contributed by atoms with van der Waals surface area (Å²) in [5, 5.41) is 10.1. The Morgan fingerprint density at radius 3 is 2.58 bits per heavy atom. The van der Waals surface area contributed by atoms with Gasteiger partial charge in [0, 0.05) is 21.0 Å². The highest BCUT2D eigenvalue weighted by atomic mass is 35.5. The van der Waals surface area contributed by atoms with E-state index in [4.69, 9.17) is 27.9 Å². The van der Waals surface area contributed by atoms with E-state index in [9.17, 15) is 14.3 Å². The van der Waals surface area contributed by atoms with Crippen molar-refractivity contribution >= 4 is 40.1 Å². The van der Waals surface area contributed by atoms with E-state index in [0.717, 1.165) is 6.07 Å². The van der Waals surface area contributed by atoms with Gasteiger partial charge in [0.1, 0.15) is 11.3 Å². The Bertz CT molecular complexity index is 976. The van der Waals surface area contributed by atoms with Crippen molar-refractivity contribution in [2.75, 3.05) is 7.11 Å². The Labute approximate surface area is 146 Å². The number of rotatable bonds is 3. The number of hydrogen-bond acceptors (Lipinski definition) is 3. The van der Waals surface area contributed by atoms with Crippen LogP contribution in [-0.4, -0.2) is 23.2 Å². The molecule has 0 spiro atoms. The van der Waals surface area contributed by atoms with E-state index < -0.39 is 11.8 Å². The van der Waals surface area contributed by atoms with Gasteiger partial charge in [-0.15, -0.1) is 0 Å². The van der Waals surface area contributed by atoms with Crippen LogP contribution in [0.3, 0.4) is 0 Å². The van der Waals surface area contributed by atoms with Crippen LogP contribution in [0.15, 0.2) is 36.4 Å². The van der Waals surface area contributed by atoms with E-state index in [0.29, 0.717) is 16.3 Å². The molecule has 0 radical (unpaired) electrons. The molecule has 2 aromatic carbocycles. The monoisotopic (exact) mass is 365 g/mol. The second-order valence-electron chi connectivity index (χ2n) is 4.99. The average Bonchev–Trinajstić information content (AvgIpc) is 2.53. The molecule has 0 saturated heterocycles. The van der Waals surface area contributed by atoms with E-state index >= 15 is 0 Å². The number of aromatic nitrogens is 1. The largest absolute Gasteiger partial charge is 0.496 e. The van der Waals surface area contributed by atoms with Crippen LogP contribution in [0.25, 0.3) is 22.2 Å². The van der Waals surface area contributed by atoms with Crippen LogP contribution in [0.1, 0.15) is 10.4 Å². The van der Waals surface area contributed by atoms with Crippen molar-refractivity contribution < 1.29 is 19.0 Å². The lowest BCUT2D eigenvalue weighted by atomic mass is 10.0. The number of fused-ring (bicyclic) bond motifs is 1. The van der Waals surface area contributed by atoms with Crippen molar-refractivity contribution in [3.05, 3.63) is 57.8 Å². The van der Waals surface area contributed by atoms with Gasteiger partial charge in [-0.1, -0.05) is 23.2 Å². The summed E-state index contributed by atoms with van der Waals surface area (Å²) >= 11 is 11.8. The lowest BCUT2D eigenvalue weighted by molar-refractivity contribution is 0.0699. The molecule has 1 heterocycles. The summed E-state index contributed by atoms with van der Waals surface area (Å²) in [5.41, 5.74) is 0.499. The van der Waals surface area contributed by atoms with Gasteiger partial charge in [-0.2, -0.15) is 0 Å². The fraction of sp³-hybridized carbons (Fsp3) is 0.0588. The molecule has 0 atom stereocenters. The van der Waals surface area contributed by atoms with Crippen molar-refractivity contribution in [1.82, 2.24) is 4.98 Å². The molecule has 0 bridgehead atoms. The summed E-state index contributed by atoms with van der Waals surface area (Å²) < 4.78 is 19.5. The Balaban J connectivity index is 2.39. The Morgan fingerprint density at radius 1 is 1.17 bits per heavy atom. The molecule has 0 unspecified atom stereocenters. The fourth-order valence-electron chi connectivity index (χ4n) is 2.45. The molecule has 1 aromatic heterocycles. The summed E-state index contributed by atoms with van der Waals surface area (Å²) in [6.07, 6.45) is 0. The molecular weight excluding hydrogens is 356 g/mol.